The van der Waals surface area contributed by atoms with E-state index in [1.54, 1.807) is 13.0 Å². The Bertz CT molecular complexity index is 901. The van der Waals surface area contributed by atoms with Crippen molar-refractivity contribution < 1.29 is 17.9 Å². The fourth-order valence-corrected chi connectivity index (χ4v) is 3.17. The van der Waals surface area contributed by atoms with Gasteiger partial charge in [0.15, 0.2) is 16.4 Å². The molecule has 0 radical (unpaired) electrons. The van der Waals surface area contributed by atoms with E-state index in [4.69, 9.17) is 4.74 Å². The molecule has 0 amide bonds. The minimum Gasteiger partial charge on any atom is -0.497 e. The molecule has 24 heavy (non-hydrogen) atoms. The Hall–Kier alpha value is -2.28. The number of imidazole rings is 1. The zero-order valence-corrected chi connectivity index (χ0v) is 14.4. The van der Waals surface area contributed by atoms with Crippen LogP contribution in [0.4, 0.5) is 13.2 Å². The van der Waals surface area contributed by atoms with Crippen molar-refractivity contribution in [1.29, 1.82) is 0 Å². The van der Waals surface area contributed by atoms with Crippen LogP contribution < -0.4 is 4.74 Å². The molecule has 0 aliphatic heterocycles. The van der Waals surface area contributed by atoms with Gasteiger partial charge in [-0.2, -0.15) is 0 Å². The molecule has 0 unspecified atom stereocenters. The summed E-state index contributed by atoms with van der Waals surface area (Å²) in [7, 11) is 1.32. The van der Waals surface area contributed by atoms with Crippen LogP contribution >= 0.6 is 15.9 Å². The number of hydrogen-bond donors (Lipinski definition) is 0. The molecule has 0 aliphatic rings. The van der Waals surface area contributed by atoms with Gasteiger partial charge in [0.05, 0.1) is 18.5 Å². The molecule has 0 spiro atoms. The molecule has 1 heterocycles. The minimum atomic E-state index is -0.817. The molecule has 2 aromatic carbocycles. The van der Waals surface area contributed by atoms with Crippen LogP contribution in [0.3, 0.4) is 0 Å². The second-order valence-corrected chi connectivity index (χ2v) is 5.81. The number of benzene rings is 2. The Morgan fingerprint density at radius 3 is 2.33 bits per heavy atom. The van der Waals surface area contributed by atoms with E-state index in [9.17, 15) is 13.2 Å². The van der Waals surface area contributed by atoms with E-state index in [-0.39, 0.29) is 16.2 Å². The summed E-state index contributed by atoms with van der Waals surface area (Å²) < 4.78 is 48.9. The lowest BCUT2D eigenvalue weighted by Crippen LogP contribution is -2.05. The highest BCUT2D eigenvalue weighted by molar-refractivity contribution is 9.10. The summed E-state index contributed by atoms with van der Waals surface area (Å²) >= 11 is 3.22. The summed E-state index contributed by atoms with van der Waals surface area (Å²) in [6.07, 6.45) is 0. The summed E-state index contributed by atoms with van der Waals surface area (Å²) in [5, 5.41) is 0. The average Bonchev–Trinajstić information content (AvgIpc) is 2.81. The number of halogens is 4. The number of aryl methyl sites for hydroxylation is 1. The van der Waals surface area contributed by atoms with Gasteiger partial charge in [-0.25, -0.2) is 18.2 Å². The molecule has 3 aromatic rings. The standard InChI is InChI=1S/C17H12BrF3N2O/c1-9-15(10-4-3-5-11(19)6-10)23(17(18)22-9)16-13(20)7-12(24-2)8-14(16)21/h3-8H,1-2H3. The topological polar surface area (TPSA) is 27.1 Å². The first-order valence-electron chi connectivity index (χ1n) is 6.96. The van der Waals surface area contributed by atoms with Crippen molar-refractivity contribution in [3.63, 3.8) is 0 Å². The Labute approximate surface area is 144 Å². The van der Waals surface area contributed by atoms with Crippen LogP contribution in [-0.4, -0.2) is 16.7 Å². The van der Waals surface area contributed by atoms with Crippen molar-refractivity contribution in [2.24, 2.45) is 0 Å². The van der Waals surface area contributed by atoms with E-state index >= 15 is 0 Å². The molecule has 3 rings (SSSR count). The van der Waals surface area contributed by atoms with Crippen LogP contribution in [0.15, 0.2) is 41.1 Å². The number of rotatable bonds is 3. The van der Waals surface area contributed by atoms with E-state index in [1.165, 1.54) is 29.9 Å². The lowest BCUT2D eigenvalue weighted by atomic mass is 10.1. The predicted molar refractivity (Wildman–Crippen MR) is 87.9 cm³/mol. The second-order valence-electron chi connectivity index (χ2n) is 5.10. The number of ether oxygens (including phenoxy) is 1. The molecule has 3 nitrogen and oxygen atoms in total. The smallest absolute Gasteiger partial charge is 0.182 e. The van der Waals surface area contributed by atoms with E-state index < -0.39 is 17.5 Å². The number of hydrogen-bond acceptors (Lipinski definition) is 2. The van der Waals surface area contributed by atoms with E-state index in [2.05, 4.69) is 20.9 Å². The van der Waals surface area contributed by atoms with E-state index in [0.717, 1.165) is 12.1 Å². The van der Waals surface area contributed by atoms with Crippen LogP contribution in [0.5, 0.6) is 5.75 Å². The van der Waals surface area contributed by atoms with Gasteiger partial charge in [-0.15, -0.1) is 0 Å². The monoisotopic (exact) mass is 396 g/mol. The molecule has 0 aliphatic carbocycles. The van der Waals surface area contributed by atoms with Crippen molar-refractivity contribution in [1.82, 2.24) is 9.55 Å². The molecule has 0 saturated heterocycles. The highest BCUT2D eigenvalue weighted by Gasteiger charge is 2.22. The number of aromatic nitrogens is 2. The summed E-state index contributed by atoms with van der Waals surface area (Å²) in [5.74, 6) is -2.02. The van der Waals surface area contributed by atoms with Gasteiger partial charge in [-0.3, -0.25) is 4.57 Å². The van der Waals surface area contributed by atoms with Gasteiger partial charge in [0.1, 0.15) is 17.3 Å². The summed E-state index contributed by atoms with van der Waals surface area (Å²) in [5.41, 5.74) is 1.04. The van der Waals surface area contributed by atoms with Gasteiger partial charge in [0.2, 0.25) is 0 Å². The van der Waals surface area contributed by atoms with Crippen LogP contribution in [0, 0.1) is 24.4 Å². The Kier molecular flexibility index (Phi) is 4.36. The second kappa shape index (κ2) is 6.32. The maximum Gasteiger partial charge on any atom is 0.182 e. The first-order valence-corrected chi connectivity index (χ1v) is 7.76. The van der Waals surface area contributed by atoms with Crippen molar-refractivity contribution in [3.05, 3.63) is 64.3 Å². The van der Waals surface area contributed by atoms with E-state index in [1.807, 2.05) is 0 Å². The number of nitrogens with zero attached hydrogens (tertiary/aromatic N) is 2. The van der Waals surface area contributed by atoms with Gasteiger partial charge in [0.25, 0.3) is 0 Å². The van der Waals surface area contributed by atoms with Crippen LogP contribution in [0.1, 0.15) is 5.69 Å². The average molecular weight is 397 g/mol. The molecule has 0 fully saturated rings. The molecular formula is C17H12BrF3N2O. The summed E-state index contributed by atoms with van der Waals surface area (Å²) in [6, 6.07) is 7.91. The SMILES string of the molecule is COc1cc(F)c(-n2c(Br)nc(C)c2-c2cccc(F)c2)c(F)c1. The zero-order chi connectivity index (χ0) is 17.4. The highest BCUT2D eigenvalue weighted by Crippen LogP contribution is 2.34. The third-order valence-electron chi connectivity index (χ3n) is 3.56. The normalized spacial score (nSPS) is 10.9. The van der Waals surface area contributed by atoms with Gasteiger partial charge < -0.3 is 4.74 Å². The van der Waals surface area contributed by atoms with Crippen molar-refractivity contribution >= 4 is 15.9 Å². The fraction of sp³-hybridized carbons (Fsp3) is 0.118. The maximum atomic E-state index is 14.5. The molecular weight excluding hydrogens is 385 g/mol. The first kappa shape index (κ1) is 16.6. The minimum absolute atomic E-state index is 0.0639. The lowest BCUT2D eigenvalue weighted by Gasteiger charge is -2.13. The third kappa shape index (κ3) is 2.80. The molecule has 1 aromatic heterocycles. The fourth-order valence-electron chi connectivity index (χ4n) is 2.55. The van der Waals surface area contributed by atoms with Crippen LogP contribution in [-0.2, 0) is 0 Å². The largest absolute Gasteiger partial charge is 0.497 e. The summed E-state index contributed by atoms with van der Waals surface area (Å²) in [4.78, 5) is 4.21. The van der Waals surface area contributed by atoms with Gasteiger partial charge in [-0.1, -0.05) is 12.1 Å². The Morgan fingerprint density at radius 2 is 1.75 bits per heavy atom. The maximum absolute atomic E-state index is 14.5. The van der Waals surface area contributed by atoms with Gasteiger partial charge in [0, 0.05) is 17.7 Å². The third-order valence-corrected chi connectivity index (χ3v) is 4.09. The Morgan fingerprint density at radius 1 is 1.08 bits per heavy atom. The van der Waals surface area contributed by atoms with Crippen molar-refractivity contribution in [3.8, 4) is 22.7 Å². The quantitative estimate of drug-likeness (QED) is 0.620. The highest BCUT2D eigenvalue weighted by atomic mass is 79.9. The molecule has 0 saturated carbocycles. The van der Waals surface area contributed by atoms with Gasteiger partial charge in [-0.05, 0) is 35.0 Å². The summed E-state index contributed by atoms with van der Waals surface area (Å²) in [6.45, 7) is 1.68. The molecule has 0 bridgehead atoms. The molecule has 0 atom stereocenters. The number of methoxy groups -OCH3 is 1. The predicted octanol–water partition coefficient (Wildman–Crippen LogP) is 5.04. The Balaban J connectivity index is 2.31. The van der Waals surface area contributed by atoms with Crippen LogP contribution in [0.25, 0.3) is 16.9 Å². The van der Waals surface area contributed by atoms with Crippen molar-refractivity contribution in [2.45, 2.75) is 6.92 Å². The molecule has 0 N–H and O–H groups in total. The lowest BCUT2D eigenvalue weighted by molar-refractivity contribution is 0.406. The molecule has 7 heteroatoms. The zero-order valence-electron chi connectivity index (χ0n) is 12.8. The van der Waals surface area contributed by atoms with Gasteiger partial charge >= 0.3 is 0 Å². The first-order chi connectivity index (χ1) is 11.4. The van der Waals surface area contributed by atoms with Crippen LogP contribution in [0.2, 0.25) is 0 Å². The molecule has 124 valence electrons. The van der Waals surface area contributed by atoms with E-state index in [0.29, 0.717) is 17.0 Å². The van der Waals surface area contributed by atoms with Crippen molar-refractivity contribution in [2.75, 3.05) is 7.11 Å².